The van der Waals surface area contributed by atoms with Gasteiger partial charge < -0.3 is 20.0 Å². The molecule has 3 rings (SSSR count). The molecule has 0 atom stereocenters. The highest BCUT2D eigenvalue weighted by atomic mass is 32.1. The van der Waals surface area contributed by atoms with E-state index in [1.807, 2.05) is 22.9 Å². The van der Waals surface area contributed by atoms with E-state index in [9.17, 15) is 9.59 Å². The summed E-state index contributed by atoms with van der Waals surface area (Å²) in [5.41, 5.74) is 1.11. The Balaban J connectivity index is 1.38. The molecule has 2 N–H and O–H groups in total. The second-order valence-electron chi connectivity index (χ2n) is 5.85. The van der Waals surface area contributed by atoms with Crippen molar-refractivity contribution in [1.29, 1.82) is 0 Å². The van der Waals surface area contributed by atoms with Crippen LogP contribution in [0.25, 0.3) is 0 Å². The second-order valence-corrected chi connectivity index (χ2v) is 6.63. The van der Waals surface area contributed by atoms with Crippen LogP contribution in [0.4, 0.5) is 4.79 Å². The fourth-order valence-corrected chi connectivity index (χ4v) is 3.43. The van der Waals surface area contributed by atoms with Gasteiger partial charge >= 0.3 is 6.03 Å². The van der Waals surface area contributed by atoms with E-state index in [0.29, 0.717) is 39.0 Å². The number of urea groups is 1. The number of thiophene rings is 1. The van der Waals surface area contributed by atoms with Crippen LogP contribution in [0.1, 0.15) is 24.2 Å². The Morgan fingerprint density at radius 2 is 2.04 bits per heavy atom. The minimum Gasteiger partial charge on any atom is -0.467 e. The summed E-state index contributed by atoms with van der Waals surface area (Å²) in [5.74, 6) is 0.735. The largest absolute Gasteiger partial charge is 0.467 e. The van der Waals surface area contributed by atoms with Crippen molar-refractivity contribution in [3.63, 3.8) is 0 Å². The van der Waals surface area contributed by atoms with Gasteiger partial charge in [-0.05, 0) is 47.4 Å². The Morgan fingerprint density at radius 3 is 2.71 bits per heavy atom. The number of hydrogen-bond acceptors (Lipinski definition) is 4. The highest BCUT2D eigenvalue weighted by Gasteiger charge is 2.27. The van der Waals surface area contributed by atoms with Crippen molar-refractivity contribution < 1.29 is 14.0 Å². The molecule has 1 saturated heterocycles. The van der Waals surface area contributed by atoms with Gasteiger partial charge in [-0.3, -0.25) is 4.79 Å². The maximum Gasteiger partial charge on any atom is 0.317 e. The molecule has 0 radical (unpaired) electrons. The zero-order valence-electron chi connectivity index (χ0n) is 13.4. The Morgan fingerprint density at radius 1 is 1.21 bits per heavy atom. The second kappa shape index (κ2) is 8.01. The summed E-state index contributed by atoms with van der Waals surface area (Å²) in [6.45, 7) is 2.17. The predicted octanol–water partition coefficient (Wildman–Crippen LogP) is 2.58. The molecule has 7 heteroatoms. The van der Waals surface area contributed by atoms with E-state index in [-0.39, 0.29) is 17.9 Å². The van der Waals surface area contributed by atoms with Gasteiger partial charge in [0.1, 0.15) is 5.76 Å². The van der Waals surface area contributed by atoms with E-state index >= 15 is 0 Å². The van der Waals surface area contributed by atoms with Crippen molar-refractivity contribution >= 4 is 23.3 Å². The third-order valence-corrected chi connectivity index (χ3v) is 4.93. The molecule has 2 aromatic rings. The van der Waals surface area contributed by atoms with Crippen LogP contribution < -0.4 is 10.6 Å². The monoisotopic (exact) mass is 347 g/mol. The number of nitrogens with zero attached hydrogens (tertiary/aromatic N) is 1. The van der Waals surface area contributed by atoms with Gasteiger partial charge in [-0.1, -0.05) is 0 Å². The van der Waals surface area contributed by atoms with Crippen LogP contribution in [0, 0.1) is 5.92 Å². The summed E-state index contributed by atoms with van der Waals surface area (Å²) in [7, 11) is 0. The summed E-state index contributed by atoms with van der Waals surface area (Å²) in [6, 6.07) is 5.58. The molecular weight excluding hydrogens is 326 g/mol. The standard InChI is InChI=1S/C17H21N3O3S/c21-16(18-11-15-2-1-8-23-15)14-3-6-20(7-4-14)17(22)19-10-13-5-9-24-12-13/h1-2,5,8-9,12,14H,3-4,6-7,10-11H2,(H,18,21)(H,19,22). The van der Waals surface area contributed by atoms with Crippen LogP contribution in [0.3, 0.4) is 0 Å². The summed E-state index contributed by atoms with van der Waals surface area (Å²) in [4.78, 5) is 26.1. The number of carbonyl (C=O) groups excluding carboxylic acids is 2. The number of hydrogen-bond donors (Lipinski definition) is 2. The number of piperidine rings is 1. The molecule has 1 aliphatic heterocycles. The third kappa shape index (κ3) is 4.38. The lowest BCUT2D eigenvalue weighted by Crippen LogP contribution is -2.46. The van der Waals surface area contributed by atoms with Crippen molar-refractivity contribution in [1.82, 2.24) is 15.5 Å². The number of nitrogens with one attached hydrogen (secondary N) is 2. The minimum atomic E-state index is -0.0596. The summed E-state index contributed by atoms with van der Waals surface area (Å²) < 4.78 is 5.20. The van der Waals surface area contributed by atoms with Crippen molar-refractivity contribution in [3.8, 4) is 0 Å². The molecule has 3 amide bonds. The van der Waals surface area contributed by atoms with Crippen LogP contribution in [0.2, 0.25) is 0 Å². The molecule has 1 fully saturated rings. The van der Waals surface area contributed by atoms with Gasteiger partial charge in [0.2, 0.25) is 5.91 Å². The van der Waals surface area contributed by atoms with Crippen LogP contribution in [0.5, 0.6) is 0 Å². The smallest absolute Gasteiger partial charge is 0.317 e. The van der Waals surface area contributed by atoms with Gasteiger partial charge in [-0.25, -0.2) is 4.79 Å². The summed E-state index contributed by atoms with van der Waals surface area (Å²) in [5, 5.41) is 9.83. The fraction of sp³-hybridized carbons (Fsp3) is 0.412. The molecule has 6 nitrogen and oxygen atoms in total. The molecule has 24 heavy (non-hydrogen) atoms. The number of carbonyl (C=O) groups is 2. The highest BCUT2D eigenvalue weighted by Crippen LogP contribution is 2.18. The highest BCUT2D eigenvalue weighted by molar-refractivity contribution is 7.07. The van der Waals surface area contributed by atoms with Crippen LogP contribution in [0.15, 0.2) is 39.6 Å². The molecule has 0 saturated carbocycles. The maximum atomic E-state index is 12.2. The van der Waals surface area contributed by atoms with Crippen molar-refractivity contribution in [2.75, 3.05) is 13.1 Å². The van der Waals surface area contributed by atoms with Gasteiger partial charge in [0.15, 0.2) is 0 Å². The zero-order valence-corrected chi connectivity index (χ0v) is 14.2. The number of likely N-dealkylation sites (tertiary alicyclic amines) is 1. The zero-order chi connectivity index (χ0) is 16.8. The number of amides is 3. The summed E-state index contributed by atoms with van der Waals surface area (Å²) >= 11 is 1.62. The number of furan rings is 1. The molecule has 0 bridgehead atoms. The van der Waals surface area contributed by atoms with E-state index in [4.69, 9.17) is 4.42 Å². The first kappa shape index (κ1) is 16.6. The topological polar surface area (TPSA) is 74.6 Å². The van der Waals surface area contributed by atoms with E-state index in [1.54, 1.807) is 28.6 Å². The van der Waals surface area contributed by atoms with E-state index in [2.05, 4.69) is 10.6 Å². The molecular formula is C17H21N3O3S. The van der Waals surface area contributed by atoms with E-state index < -0.39 is 0 Å². The fourth-order valence-electron chi connectivity index (χ4n) is 2.76. The van der Waals surface area contributed by atoms with E-state index in [1.165, 1.54) is 0 Å². The molecule has 3 heterocycles. The normalized spacial score (nSPS) is 15.2. The van der Waals surface area contributed by atoms with Crippen LogP contribution in [-0.4, -0.2) is 29.9 Å². The molecule has 128 valence electrons. The van der Waals surface area contributed by atoms with Gasteiger partial charge in [-0.15, -0.1) is 0 Å². The first-order valence-corrected chi connectivity index (χ1v) is 9.00. The predicted molar refractivity (Wildman–Crippen MR) is 91.4 cm³/mol. The van der Waals surface area contributed by atoms with Crippen molar-refractivity contribution in [2.45, 2.75) is 25.9 Å². The van der Waals surface area contributed by atoms with Gasteiger partial charge in [0.05, 0.1) is 12.8 Å². The molecule has 0 aliphatic carbocycles. The van der Waals surface area contributed by atoms with Crippen LogP contribution in [-0.2, 0) is 17.9 Å². The quantitative estimate of drug-likeness (QED) is 0.873. The first-order valence-electron chi connectivity index (χ1n) is 8.06. The van der Waals surface area contributed by atoms with Gasteiger partial charge in [-0.2, -0.15) is 11.3 Å². The molecule has 0 aromatic carbocycles. The Kier molecular flexibility index (Phi) is 5.53. The minimum absolute atomic E-state index is 0.0322. The maximum absolute atomic E-state index is 12.2. The van der Waals surface area contributed by atoms with Crippen molar-refractivity contribution in [2.24, 2.45) is 5.92 Å². The van der Waals surface area contributed by atoms with Crippen LogP contribution >= 0.6 is 11.3 Å². The van der Waals surface area contributed by atoms with Gasteiger partial charge in [0.25, 0.3) is 0 Å². The lowest BCUT2D eigenvalue weighted by atomic mass is 9.96. The lowest BCUT2D eigenvalue weighted by Gasteiger charge is -2.31. The third-order valence-electron chi connectivity index (χ3n) is 4.19. The summed E-state index contributed by atoms with van der Waals surface area (Å²) in [6.07, 6.45) is 2.97. The molecule has 0 spiro atoms. The van der Waals surface area contributed by atoms with E-state index in [0.717, 1.165) is 11.3 Å². The SMILES string of the molecule is O=C(NCc1ccco1)C1CCN(C(=O)NCc2ccsc2)CC1. The first-order chi connectivity index (χ1) is 11.7. The molecule has 0 unspecified atom stereocenters. The lowest BCUT2D eigenvalue weighted by molar-refractivity contribution is -0.126. The Bertz CT molecular complexity index is 588. The van der Waals surface area contributed by atoms with Gasteiger partial charge in [0, 0.05) is 25.6 Å². The average molecular weight is 347 g/mol. The Labute approximate surface area is 144 Å². The van der Waals surface area contributed by atoms with Crippen molar-refractivity contribution in [3.05, 3.63) is 46.5 Å². The molecule has 2 aromatic heterocycles. The molecule has 1 aliphatic rings. The average Bonchev–Trinajstić information content (AvgIpc) is 3.31. The Hall–Kier alpha value is -2.28. The number of rotatable bonds is 5.